The molecule has 0 unspecified atom stereocenters. The normalized spacial score (nSPS) is 10.7. The average Bonchev–Trinajstić information content (AvgIpc) is 3.29. The maximum Gasteiger partial charge on any atom is 0.270 e. The van der Waals surface area contributed by atoms with E-state index in [-0.39, 0.29) is 5.91 Å². The van der Waals surface area contributed by atoms with Crippen LogP contribution in [-0.2, 0) is 0 Å². The van der Waals surface area contributed by atoms with Crippen LogP contribution in [0.2, 0.25) is 5.02 Å². The summed E-state index contributed by atoms with van der Waals surface area (Å²) in [6.45, 7) is 1.83. The SMILES string of the molecule is Cc1nc(NC(=O)c2ccc(Cl)cc2)sc1-c1nc(-c2ccccc2)no1. The Hall–Kier alpha value is -3.03. The predicted octanol–water partition coefficient (Wildman–Crippen LogP) is 5.07. The molecule has 2 aromatic heterocycles. The molecule has 1 N–H and O–H groups in total. The number of nitrogens with one attached hydrogen (secondary N) is 1. The van der Waals surface area contributed by atoms with Crippen LogP contribution in [0.5, 0.6) is 0 Å². The summed E-state index contributed by atoms with van der Waals surface area (Å²) in [6.07, 6.45) is 0. The van der Waals surface area contributed by atoms with Crippen molar-refractivity contribution in [3.05, 3.63) is 70.9 Å². The van der Waals surface area contributed by atoms with Gasteiger partial charge in [0.2, 0.25) is 5.82 Å². The number of hydrogen-bond donors (Lipinski definition) is 1. The summed E-state index contributed by atoms with van der Waals surface area (Å²) in [5.41, 5.74) is 2.07. The van der Waals surface area contributed by atoms with Gasteiger partial charge in [0.1, 0.15) is 4.88 Å². The van der Waals surface area contributed by atoms with E-state index >= 15 is 0 Å². The van der Waals surface area contributed by atoms with Crippen LogP contribution in [0.1, 0.15) is 16.1 Å². The molecule has 4 aromatic rings. The van der Waals surface area contributed by atoms with Crippen LogP contribution in [0, 0.1) is 6.92 Å². The van der Waals surface area contributed by atoms with Gasteiger partial charge in [-0.15, -0.1) is 0 Å². The van der Waals surface area contributed by atoms with E-state index in [1.807, 2.05) is 37.3 Å². The number of anilines is 1. The van der Waals surface area contributed by atoms with Gasteiger partial charge in [0.05, 0.1) is 5.69 Å². The Morgan fingerprint density at radius 1 is 1.07 bits per heavy atom. The van der Waals surface area contributed by atoms with Crippen LogP contribution in [0.25, 0.3) is 22.2 Å². The van der Waals surface area contributed by atoms with Gasteiger partial charge in [0.25, 0.3) is 11.8 Å². The Labute approximate surface area is 163 Å². The highest BCUT2D eigenvalue weighted by Crippen LogP contribution is 2.33. The fourth-order valence-corrected chi connectivity index (χ4v) is 3.45. The van der Waals surface area contributed by atoms with Crippen molar-refractivity contribution in [2.24, 2.45) is 0 Å². The number of aromatic nitrogens is 3. The van der Waals surface area contributed by atoms with Crippen LogP contribution in [0.15, 0.2) is 59.1 Å². The molecule has 0 saturated heterocycles. The first-order valence-electron chi connectivity index (χ1n) is 8.04. The summed E-state index contributed by atoms with van der Waals surface area (Å²) in [4.78, 5) is 21.9. The molecule has 134 valence electrons. The summed E-state index contributed by atoms with van der Waals surface area (Å²) in [5, 5.41) is 7.84. The molecule has 27 heavy (non-hydrogen) atoms. The molecule has 1 amide bonds. The number of rotatable bonds is 4. The van der Waals surface area contributed by atoms with E-state index in [1.54, 1.807) is 24.3 Å². The van der Waals surface area contributed by atoms with Crippen LogP contribution >= 0.6 is 22.9 Å². The lowest BCUT2D eigenvalue weighted by Crippen LogP contribution is -2.11. The van der Waals surface area contributed by atoms with Crippen molar-refractivity contribution in [2.75, 3.05) is 5.32 Å². The molecule has 0 aliphatic rings. The van der Waals surface area contributed by atoms with E-state index < -0.39 is 0 Å². The quantitative estimate of drug-likeness (QED) is 0.520. The Morgan fingerprint density at radius 3 is 2.56 bits per heavy atom. The van der Waals surface area contributed by atoms with Gasteiger partial charge in [-0.3, -0.25) is 10.1 Å². The topological polar surface area (TPSA) is 80.9 Å². The second-order valence-electron chi connectivity index (χ2n) is 5.68. The number of thiazole rings is 1. The molecule has 0 fully saturated rings. The number of aryl methyl sites for hydroxylation is 1. The molecule has 0 radical (unpaired) electrons. The lowest BCUT2D eigenvalue weighted by atomic mass is 10.2. The molecule has 0 saturated carbocycles. The summed E-state index contributed by atoms with van der Waals surface area (Å²) >= 11 is 7.13. The lowest BCUT2D eigenvalue weighted by molar-refractivity contribution is 0.102. The highest BCUT2D eigenvalue weighted by molar-refractivity contribution is 7.19. The van der Waals surface area contributed by atoms with Gasteiger partial charge in [-0.05, 0) is 31.2 Å². The van der Waals surface area contributed by atoms with Crippen LogP contribution < -0.4 is 5.32 Å². The lowest BCUT2D eigenvalue weighted by Gasteiger charge is -2.01. The minimum atomic E-state index is -0.262. The van der Waals surface area contributed by atoms with Crippen molar-refractivity contribution in [2.45, 2.75) is 6.92 Å². The molecule has 2 aromatic carbocycles. The van der Waals surface area contributed by atoms with Crippen molar-refractivity contribution in [3.8, 4) is 22.2 Å². The molecular formula is C19H13ClN4O2S. The summed E-state index contributed by atoms with van der Waals surface area (Å²) < 4.78 is 5.38. The van der Waals surface area contributed by atoms with Crippen molar-refractivity contribution < 1.29 is 9.32 Å². The van der Waals surface area contributed by atoms with Gasteiger partial charge in [0.15, 0.2) is 5.13 Å². The Kier molecular flexibility index (Phi) is 4.70. The molecule has 0 bridgehead atoms. The second-order valence-corrected chi connectivity index (χ2v) is 7.12. The van der Waals surface area contributed by atoms with Gasteiger partial charge < -0.3 is 4.52 Å². The number of halogens is 1. The molecule has 0 spiro atoms. The van der Waals surface area contributed by atoms with Crippen molar-refractivity contribution >= 4 is 34.0 Å². The minimum Gasteiger partial charge on any atom is -0.333 e. The zero-order valence-corrected chi connectivity index (χ0v) is 15.7. The van der Waals surface area contributed by atoms with Crippen molar-refractivity contribution in [1.29, 1.82) is 0 Å². The van der Waals surface area contributed by atoms with E-state index in [1.165, 1.54) is 11.3 Å². The predicted molar refractivity (Wildman–Crippen MR) is 105 cm³/mol. The minimum absolute atomic E-state index is 0.262. The second kappa shape index (κ2) is 7.30. The van der Waals surface area contributed by atoms with Crippen LogP contribution in [-0.4, -0.2) is 21.0 Å². The fraction of sp³-hybridized carbons (Fsp3) is 0.0526. The Balaban J connectivity index is 1.56. The molecule has 0 atom stereocenters. The first-order valence-corrected chi connectivity index (χ1v) is 9.23. The highest BCUT2D eigenvalue weighted by Gasteiger charge is 2.18. The standard InChI is InChI=1S/C19H13ClN4O2S/c1-11-15(18-22-16(24-26-18)12-5-3-2-4-6-12)27-19(21-11)23-17(25)13-7-9-14(20)10-8-13/h2-10H,1H3,(H,21,23,25). The van der Waals surface area contributed by atoms with Crippen LogP contribution in [0.4, 0.5) is 5.13 Å². The monoisotopic (exact) mass is 396 g/mol. The molecule has 2 heterocycles. The molecule has 4 rings (SSSR count). The highest BCUT2D eigenvalue weighted by atomic mass is 35.5. The van der Waals surface area contributed by atoms with Crippen molar-refractivity contribution in [1.82, 2.24) is 15.1 Å². The largest absolute Gasteiger partial charge is 0.333 e. The molecule has 8 heteroatoms. The fourth-order valence-electron chi connectivity index (χ4n) is 2.44. The van der Waals surface area contributed by atoms with E-state index in [0.717, 1.165) is 10.4 Å². The number of carbonyl (C=O) groups excluding carboxylic acids is 1. The smallest absolute Gasteiger partial charge is 0.270 e. The Bertz CT molecular complexity index is 1090. The van der Waals surface area contributed by atoms with Gasteiger partial charge in [0, 0.05) is 16.1 Å². The zero-order chi connectivity index (χ0) is 18.8. The van der Waals surface area contributed by atoms with Gasteiger partial charge >= 0.3 is 0 Å². The third-order valence-electron chi connectivity index (χ3n) is 3.78. The third-order valence-corrected chi connectivity index (χ3v) is 5.09. The Morgan fingerprint density at radius 2 is 1.81 bits per heavy atom. The van der Waals surface area contributed by atoms with Crippen LogP contribution in [0.3, 0.4) is 0 Å². The van der Waals surface area contributed by atoms with Crippen molar-refractivity contribution in [3.63, 3.8) is 0 Å². The van der Waals surface area contributed by atoms with E-state index in [9.17, 15) is 4.79 Å². The van der Waals surface area contributed by atoms with E-state index in [2.05, 4.69) is 20.4 Å². The first kappa shape index (κ1) is 17.4. The molecule has 0 aliphatic carbocycles. The van der Waals surface area contributed by atoms with E-state index in [0.29, 0.717) is 33.1 Å². The zero-order valence-electron chi connectivity index (χ0n) is 14.1. The number of amides is 1. The number of benzene rings is 2. The number of hydrogen-bond acceptors (Lipinski definition) is 6. The summed E-state index contributed by atoms with van der Waals surface area (Å²) in [5.74, 6) is 0.614. The third kappa shape index (κ3) is 3.74. The van der Waals surface area contributed by atoms with E-state index in [4.69, 9.17) is 16.1 Å². The summed E-state index contributed by atoms with van der Waals surface area (Å²) in [6, 6.07) is 16.2. The maximum atomic E-state index is 12.3. The maximum absolute atomic E-state index is 12.3. The average molecular weight is 397 g/mol. The molecule has 0 aliphatic heterocycles. The van der Waals surface area contributed by atoms with Gasteiger partial charge in [-0.1, -0.05) is 58.4 Å². The molecule has 6 nitrogen and oxygen atoms in total. The van der Waals surface area contributed by atoms with Gasteiger partial charge in [-0.25, -0.2) is 4.98 Å². The number of carbonyl (C=O) groups is 1. The number of nitrogens with zero attached hydrogens (tertiary/aromatic N) is 3. The molecular weight excluding hydrogens is 384 g/mol. The first-order chi connectivity index (χ1) is 13.1. The summed E-state index contributed by atoms with van der Waals surface area (Å²) in [7, 11) is 0. The van der Waals surface area contributed by atoms with Gasteiger partial charge in [-0.2, -0.15) is 4.98 Å².